The monoisotopic (exact) mass is 393 g/mol. The summed E-state index contributed by atoms with van der Waals surface area (Å²) in [4.78, 5) is 30.1. The van der Waals surface area contributed by atoms with Gasteiger partial charge in [0, 0.05) is 23.6 Å². The Morgan fingerprint density at radius 1 is 1.33 bits per heavy atom. The molecule has 0 radical (unpaired) electrons. The maximum absolute atomic E-state index is 12.9. The second kappa shape index (κ2) is 8.31. The van der Waals surface area contributed by atoms with E-state index in [-0.39, 0.29) is 24.3 Å². The van der Waals surface area contributed by atoms with Crippen LogP contribution < -0.4 is 5.73 Å². The lowest BCUT2D eigenvalue weighted by Crippen LogP contribution is -2.50. The number of hydrogen-bond acceptors (Lipinski definition) is 4. The third kappa shape index (κ3) is 4.82. The Balaban J connectivity index is 0.00000261. The molecule has 0 unspecified atom stereocenters. The van der Waals surface area contributed by atoms with E-state index in [4.69, 9.17) is 10.5 Å². The first-order chi connectivity index (χ1) is 12.3. The lowest BCUT2D eigenvalue weighted by atomic mass is 10.0. The first-order valence-electron chi connectivity index (χ1n) is 9.10. The average Bonchev–Trinajstić information content (AvgIpc) is 3.20. The SMILES string of the molecule is CC(C)(C)OC(=O)[C@@H]1CCCN1C(=O)[C@@H](N)Cc1c[nH]c2ccccc12.Cl. The van der Waals surface area contributed by atoms with Crippen molar-refractivity contribution in [3.05, 3.63) is 36.0 Å². The van der Waals surface area contributed by atoms with Crippen LogP contribution >= 0.6 is 12.4 Å². The Morgan fingerprint density at radius 2 is 2.04 bits per heavy atom. The van der Waals surface area contributed by atoms with Gasteiger partial charge in [-0.25, -0.2) is 4.79 Å². The molecule has 1 saturated heterocycles. The van der Waals surface area contributed by atoms with Gasteiger partial charge in [0.05, 0.1) is 6.04 Å². The van der Waals surface area contributed by atoms with Gasteiger partial charge < -0.3 is 20.4 Å². The highest BCUT2D eigenvalue weighted by molar-refractivity contribution is 5.89. The van der Waals surface area contributed by atoms with Crippen LogP contribution in [0.25, 0.3) is 10.9 Å². The molecule has 0 aliphatic carbocycles. The summed E-state index contributed by atoms with van der Waals surface area (Å²) in [7, 11) is 0. The van der Waals surface area contributed by atoms with Crippen molar-refractivity contribution in [2.24, 2.45) is 5.73 Å². The molecule has 27 heavy (non-hydrogen) atoms. The van der Waals surface area contributed by atoms with E-state index in [1.165, 1.54) is 0 Å². The number of esters is 1. The second-order valence-electron chi connectivity index (χ2n) is 7.89. The zero-order chi connectivity index (χ0) is 18.9. The van der Waals surface area contributed by atoms with Crippen LogP contribution in [0, 0.1) is 0 Å². The number of carbonyl (C=O) groups is 2. The minimum Gasteiger partial charge on any atom is -0.458 e. The van der Waals surface area contributed by atoms with Crippen LogP contribution in [0.1, 0.15) is 39.2 Å². The van der Waals surface area contributed by atoms with Crippen LogP contribution in [0.5, 0.6) is 0 Å². The largest absolute Gasteiger partial charge is 0.458 e. The van der Waals surface area contributed by atoms with Gasteiger partial charge in [-0.05, 0) is 51.7 Å². The minimum atomic E-state index is -0.683. The predicted molar refractivity (Wildman–Crippen MR) is 108 cm³/mol. The van der Waals surface area contributed by atoms with Crippen LogP contribution in [-0.2, 0) is 20.7 Å². The van der Waals surface area contributed by atoms with Crippen LogP contribution in [0.3, 0.4) is 0 Å². The topological polar surface area (TPSA) is 88.4 Å². The molecule has 2 aromatic rings. The number of amides is 1. The average molecular weight is 394 g/mol. The first-order valence-corrected chi connectivity index (χ1v) is 9.10. The molecule has 2 atom stereocenters. The van der Waals surface area contributed by atoms with Crippen molar-refractivity contribution < 1.29 is 14.3 Å². The highest BCUT2D eigenvalue weighted by atomic mass is 35.5. The van der Waals surface area contributed by atoms with Crippen molar-refractivity contribution in [2.75, 3.05) is 6.54 Å². The first kappa shape index (κ1) is 21.3. The van der Waals surface area contributed by atoms with Gasteiger partial charge in [-0.3, -0.25) is 4.79 Å². The van der Waals surface area contributed by atoms with Crippen molar-refractivity contribution in [3.63, 3.8) is 0 Å². The van der Waals surface area contributed by atoms with Crippen molar-refractivity contribution in [2.45, 2.75) is 57.7 Å². The molecule has 1 aliphatic heterocycles. The second-order valence-corrected chi connectivity index (χ2v) is 7.89. The molecule has 0 spiro atoms. The number of para-hydroxylation sites is 1. The molecular weight excluding hydrogens is 366 g/mol. The molecule has 0 bridgehead atoms. The smallest absolute Gasteiger partial charge is 0.329 e. The maximum Gasteiger partial charge on any atom is 0.329 e. The summed E-state index contributed by atoms with van der Waals surface area (Å²) in [6.07, 6.45) is 3.74. The van der Waals surface area contributed by atoms with Crippen LogP contribution in [0.15, 0.2) is 30.5 Å². The summed E-state index contributed by atoms with van der Waals surface area (Å²) in [6, 6.07) is 6.71. The standard InChI is InChI=1S/C20H27N3O3.ClH/c1-20(2,3)26-19(25)17-9-6-10-23(17)18(24)15(21)11-13-12-22-16-8-5-4-7-14(13)16;/h4-5,7-8,12,15,17,22H,6,9-11,21H2,1-3H3;1H/t15-,17-;/m0./s1. The Labute approximate surface area is 165 Å². The molecule has 3 N–H and O–H groups in total. The number of rotatable bonds is 4. The molecule has 3 rings (SSSR count). The molecule has 1 amide bonds. The summed E-state index contributed by atoms with van der Waals surface area (Å²) in [5, 5.41) is 1.07. The lowest BCUT2D eigenvalue weighted by molar-refractivity contribution is -0.163. The third-order valence-electron chi connectivity index (χ3n) is 4.65. The molecule has 1 aliphatic rings. The highest BCUT2D eigenvalue weighted by Crippen LogP contribution is 2.23. The van der Waals surface area contributed by atoms with Gasteiger partial charge in [-0.1, -0.05) is 18.2 Å². The maximum atomic E-state index is 12.9. The summed E-state index contributed by atoms with van der Waals surface area (Å²) >= 11 is 0. The van der Waals surface area contributed by atoms with E-state index in [0.29, 0.717) is 19.4 Å². The Hall–Kier alpha value is -2.05. The molecule has 0 saturated carbocycles. The normalized spacial score (nSPS) is 18.2. The van der Waals surface area contributed by atoms with Gasteiger partial charge in [-0.15, -0.1) is 12.4 Å². The number of carbonyl (C=O) groups excluding carboxylic acids is 2. The van der Waals surface area contributed by atoms with Crippen molar-refractivity contribution in [3.8, 4) is 0 Å². The number of fused-ring (bicyclic) bond motifs is 1. The lowest BCUT2D eigenvalue weighted by Gasteiger charge is -2.29. The zero-order valence-electron chi connectivity index (χ0n) is 16.0. The molecule has 7 heteroatoms. The highest BCUT2D eigenvalue weighted by Gasteiger charge is 2.38. The van der Waals surface area contributed by atoms with E-state index in [0.717, 1.165) is 22.9 Å². The summed E-state index contributed by atoms with van der Waals surface area (Å²) in [6.45, 7) is 6.03. The van der Waals surface area contributed by atoms with Crippen LogP contribution in [0.4, 0.5) is 0 Å². The number of nitrogens with two attached hydrogens (primary N) is 1. The molecule has 1 aromatic carbocycles. The van der Waals surface area contributed by atoms with Crippen molar-refractivity contribution in [1.29, 1.82) is 0 Å². The molecule has 6 nitrogen and oxygen atoms in total. The zero-order valence-corrected chi connectivity index (χ0v) is 16.8. The van der Waals surface area contributed by atoms with Gasteiger partial charge in [0.1, 0.15) is 11.6 Å². The number of aromatic amines is 1. The molecule has 2 heterocycles. The number of aromatic nitrogens is 1. The number of ether oxygens (including phenoxy) is 1. The summed E-state index contributed by atoms with van der Waals surface area (Å²) < 4.78 is 5.47. The van der Waals surface area contributed by atoms with E-state index in [9.17, 15) is 9.59 Å². The van der Waals surface area contributed by atoms with E-state index in [2.05, 4.69) is 4.98 Å². The van der Waals surface area contributed by atoms with Crippen molar-refractivity contribution >= 4 is 35.2 Å². The van der Waals surface area contributed by atoms with E-state index >= 15 is 0 Å². The number of hydrogen-bond donors (Lipinski definition) is 2. The number of benzene rings is 1. The van der Waals surface area contributed by atoms with E-state index in [1.54, 1.807) is 4.90 Å². The van der Waals surface area contributed by atoms with E-state index < -0.39 is 17.7 Å². The van der Waals surface area contributed by atoms with Gasteiger partial charge in [0.25, 0.3) is 0 Å². The number of H-pyrrole nitrogens is 1. The Kier molecular flexibility index (Phi) is 6.54. The number of nitrogens with one attached hydrogen (secondary N) is 1. The van der Waals surface area contributed by atoms with Gasteiger partial charge >= 0.3 is 5.97 Å². The molecular formula is C20H28ClN3O3. The van der Waals surface area contributed by atoms with Gasteiger partial charge in [-0.2, -0.15) is 0 Å². The predicted octanol–water partition coefficient (Wildman–Crippen LogP) is 2.79. The summed E-state index contributed by atoms with van der Waals surface area (Å²) in [5.74, 6) is -0.536. The number of likely N-dealkylation sites (tertiary alicyclic amines) is 1. The molecule has 1 aromatic heterocycles. The number of halogens is 1. The van der Waals surface area contributed by atoms with Crippen molar-refractivity contribution in [1.82, 2.24) is 9.88 Å². The molecule has 148 valence electrons. The van der Waals surface area contributed by atoms with Crippen LogP contribution in [-0.4, -0.2) is 46.0 Å². The summed E-state index contributed by atoms with van der Waals surface area (Å²) in [5.41, 5.74) is 7.67. The van der Waals surface area contributed by atoms with Gasteiger partial charge in [0.2, 0.25) is 5.91 Å². The fourth-order valence-electron chi connectivity index (χ4n) is 3.48. The fourth-order valence-corrected chi connectivity index (χ4v) is 3.48. The Morgan fingerprint density at radius 3 is 2.74 bits per heavy atom. The molecule has 1 fully saturated rings. The number of nitrogens with zero attached hydrogens (tertiary/aromatic N) is 1. The third-order valence-corrected chi connectivity index (χ3v) is 4.65. The Bertz CT molecular complexity index is 812. The quantitative estimate of drug-likeness (QED) is 0.782. The van der Waals surface area contributed by atoms with E-state index in [1.807, 2.05) is 51.2 Å². The minimum absolute atomic E-state index is 0. The van der Waals surface area contributed by atoms with Crippen LogP contribution in [0.2, 0.25) is 0 Å². The fraction of sp³-hybridized carbons (Fsp3) is 0.500. The van der Waals surface area contributed by atoms with Gasteiger partial charge in [0.15, 0.2) is 0 Å².